The van der Waals surface area contributed by atoms with E-state index in [0.29, 0.717) is 6.04 Å². The molecule has 18 heavy (non-hydrogen) atoms. The minimum Gasteiger partial charge on any atom is -0.310 e. The molecule has 1 heteroatoms. The van der Waals surface area contributed by atoms with Gasteiger partial charge in [-0.15, -0.1) is 0 Å². The van der Waals surface area contributed by atoms with Gasteiger partial charge in [0.05, 0.1) is 0 Å². The maximum atomic E-state index is 3.71. The first-order valence-corrected chi connectivity index (χ1v) is 7.52. The van der Waals surface area contributed by atoms with E-state index in [2.05, 4.69) is 56.4 Å². The molecule has 1 aromatic carbocycles. The molecule has 0 aliphatic rings. The van der Waals surface area contributed by atoms with Crippen LogP contribution in [0.2, 0.25) is 0 Å². The Kier molecular flexibility index (Phi) is 7.75. The van der Waals surface area contributed by atoms with E-state index < -0.39 is 0 Å². The highest BCUT2D eigenvalue weighted by atomic mass is 14.9. The molecular formula is C17H29N. The molecule has 0 heterocycles. The van der Waals surface area contributed by atoms with E-state index in [-0.39, 0.29) is 0 Å². The first-order chi connectivity index (χ1) is 8.74. The van der Waals surface area contributed by atoms with Gasteiger partial charge in [-0.1, -0.05) is 70.4 Å². The number of benzene rings is 1. The van der Waals surface area contributed by atoms with E-state index in [1.807, 2.05) is 0 Å². The Hall–Kier alpha value is -0.820. The van der Waals surface area contributed by atoms with Crippen LogP contribution in [0.4, 0.5) is 0 Å². The van der Waals surface area contributed by atoms with Crippen molar-refractivity contribution in [2.75, 3.05) is 6.54 Å². The Balaban J connectivity index is 2.31. The van der Waals surface area contributed by atoms with Crippen LogP contribution < -0.4 is 5.32 Å². The average Bonchev–Trinajstić information content (AvgIpc) is 2.38. The highest BCUT2D eigenvalue weighted by Gasteiger charge is 2.08. The van der Waals surface area contributed by atoms with Crippen LogP contribution in [0.15, 0.2) is 30.3 Å². The Morgan fingerprint density at radius 2 is 1.72 bits per heavy atom. The summed E-state index contributed by atoms with van der Waals surface area (Å²) in [6.07, 6.45) is 6.46. The number of hydrogen-bond acceptors (Lipinski definition) is 1. The largest absolute Gasteiger partial charge is 0.310 e. The summed E-state index contributed by atoms with van der Waals surface area (Å²) in [4.78, 5) is 0. The molecule has 0 saturated heterocycles. The van der Waals surface area contributed by atoms with Crippen LogP contribution in [0, 0.1) is 5.92 Å². The molecule has 1 aromatic rings. The monoisotopic (exact) mass is 247 g/mol. The van der Waals surface area contributed by atoms with E-state index in [9.17, 15) is 0 Å². The Bertz CT molecular complexity index is 292. The molecule has 0 spiro atoms. The van der Waals surface area contributed by atoms with Gasteiger partial charge in [-0.3, -0.25) is 0 Å². The normalized spacial score (nSPS) is 12.9. The Morgan fingerprint density at radius 1 is 1.00 bits per heavy atom. The summed E-state index contributed by atoms with van der Waals surface area (Å²) in [6.45, 7) is 8.01. The summed E-state index contributed by atoms with van der Waals surface area (Å²) in [5, 5.41) is 3.71. The molecule has 0 fully saturated rings. The van der Waals surface area contributed by atoms with Crippen molar-refractivity contribution in [3.8, 4) is 0 Å². The highest BCUT2D eigenvalue weighted by molar-refractivity contribution is 5.18. The molecule has 0 aliphatic carbocycles. The van der Waals surface area contributed by atoms with Crippen LogP contribution in [0.1, 0.15) is 64.5 Å². The van der Waals surface area contributed by atoms with Gasteiger partial charge >= 0.3 is 0 Å². The van der Waals surface area contributed by atoms with Crippen molar-refractivity contribution in [1.82, 2.24) is 5.32 Å². The summed E-state index contributed by atoms with van der Waals surface area (Å²) < 4.78 is 0. The zero-order chi connectivity index (χ0) is 13.2. The molecule has 0 amide bonds. The number of nitrogens with one attached hydrogen (secondary N) is 1. The van der Waals surface area contributed by atoms with Gasteiger partial charge in [-0.2, -0.15) is 0 Å². The van der Waals surface area contributed by atoms with Crippen molar-refractivity contribution < 1.29 is 0 Å². The second-order valence-corrected chi connectivity index (χ2v) is 5.60. The van der Waals surface area contributed by atoms with E-state index in [0.717, 1.165) is 12.5 Å². The molecule has 0 radical (unpaired) electrons. The van der Waals surface area contributed by atoms with Gasteiger partial charge < -0.3 is 5.32 Å². The zero-order valence-corrected chi connectivity index (χ0v) is 12.3. The van der Waals surface area contributed by atoms with Gasteiger partial charge in [0.2, 0.25) is 0 Å². The molecule has 0 saturated carbocycles. The summed E-state index contributed by atoms with van der Waals surface area (Å²) in [5.74, 6) is 0.838. The van der Waals surface area contributed by atoms with Crippen LogP contribution in [0.25, 0.3) is 0 Å². The lowest BCUT2D eigenvalue weighted by atomic mass is 10.0. The minimum atomic E-state index is 0.537. The molecule has 1 unspecified atom stereocenters. The van der Waals surface area contributed by atoms with Crippen LogP contribution in [0.5, 0.6) is 0 Å². The third kappa shape index (κ3) is 6.20. The van der Waals surface area contributed by atoms with E-state index in [1.165, 1.54) is 37.7 Å². The second-order valence-electron chi connectivity index (χ2n) is 5.60. The van der Waals surface area contributed by atoms with Gasteiger partial charge in [-0.25, -0.2) is 0 Å². The van der Waals surface area contributed by atoms with E-state index in [4.69, 9.17) is 0 Å². The SMILES string of the molecule is CCCC(NCCCCC(C)C)c1ccccc1. The molecule has 1 nitrogen and oxygen atoms in total. The lowest BCUT2D eigenvalue weighted by Gasteiger charge is -2.18. The standard InChI is InChI=1S/C17H29N/c1-4-10-17(16-12-6-5-7-13-16)18-14-9-8-11-15(2)3/h5-7,12-13,15,17-18H,4,8-11,14H2,1-3H3. The number of rotatable bonds is 9. The van der Waals surface area contributed by atoms with Crippen molar-refractivity contribution in [3.63, 3.8) is 0 Å². The lowest BCUT2D eigenvalue weighted by Crippen LogP contribution is -2.22. The van der Waals surface area contributed by atoms with Crippen molar-refractivity contribution in [3.05, 3.63) is 35.9 Å². The molecule has 0 bridgehead atoms. The molecule has 1 N–H and O–H groups in total. The van der Waals surface area contributed by atoms with Crippen LogP contribution >= 0.6 is 0 Å². The topological polar surface area (TPSA) is 12.0 Å². The van der Waals surface area contributed by atoms with Crippen LogP contribution in [-0.2, 0) is 0 Å². The fourth-order valence-corrected chi connectivity index (χ4v) is 2.31. The Morgan fingerprint density at radius 3 is 2.33 bits per heavy atom. The highest BCUT2D eigenvalue weighted by Crippen LogP contribution is 2.18. The average molecular weight is 247 g/mol. The second kappa shape index (κ2) is 9.16. The zero-order valence-electron chi connectivity index (χ0n) is 12.3. The first kappa shape index (κ1) is 15.2. The summed E-state index contributed by atoms with van der Waals surface area (Å²) in [7, 11) is 0. The Labute approximate surface area is 113 Å². The van der Waals surface area contributed by atoms with E-state index >= 15 is 0 Å². The maximum Gasteiger partial charge on any atom is 0.0320 e. The predicted molar refractivity (Wildman–Crippen MR) is 80.8 cm³/mol. The molecule has 102 valence electrons. The molecular weight excluding hydrogens is 218 g/mol. The molecule has 0 aliphatic heterocycles. The molecule has 1 atom stereocenters. The summed E-state index contributed by atoms with van der Waals surface area (Å²) in [6, 6.07) is 11.4. The third-order valence-corrected chi connectivity index (χ3v) is 3.38. The fraction of sp³-hybridized carbons (Fsp3) is 0.647. The number of hydrogen-bond donors (Lipinski definition) is 1. The quantitative estimate of drug-likeness (QED) is 0.609. The summed E-state index contributed by atoms with van der Waals surface area (Å²) in [5.41, 5.74) is 1.43. The van der Waals surface area contributed by atoms with Gasteiger partial charge in [-0.05, 0) is 30.9 Å². The van der Waals surface area contributed by atoms with Gasteiger partial charge in [0.15, 0.2) is 0 Å². The van der Waals surface area contributed by atoms with Crippen LogP contribution in [0.3, 0.4) is 0 Å². The van der Waals surface area contributed by atoms with Crippen LogP contribution in [-0.4, -0.2) is 6.54 Å². The van der Waals surface area contributed by atoms with E-state index in [1.54, 1.807) is 0 Å². The smallest absolute Gasteiger partial charge is 0.0320 e. The predicted octanol–water partition coefficient (Wildman–Crippen LogP) is 4.94. The summed E-state index contributed by atoms with van der Waals surface area (Å²) >= 11 is 0. The van der Waals surface area contributed by atoms with Crippen molar-refractivity contribution in [2.24, 2.45) is 5.92 Å². The first-order valence-electron chi connectivity index (χ1n) is 7.52. The fourth-order valence-electron chi connectivity index (χ4n) is 2.31. The van der Waals surface area contributed by atoms with Gasteiger partial charge in [0.1, 0.15) is 0 Å². The van der Waals surface area contributed by atoms with Gasteiger partial charge in [0.25, 0.3) is 0 Å². The third-order valence-electron chi connectivity index (χ3n) is 3.38. The lowest BCUT2D eigenvalue weighted by molar-refractivity contribution is 0.463. The van der Waals surface area contributed by atoms with Crippen molar-refractivity contribution >= 4 is 0 Å². The minimum absolute atomic E-state index is 0.537. The maximum absolute atomic E-state index is 3.71. The molecule has 1 rings (SSSR count). The van der Waals surface area contributed by atoms with Crippen molar-refractivity contribution in [2.45, 2.75) is 58.9 Å². The number of unbranched alkanes of at least 4 members (excludes halogenated alkanes) is 1. The van der Waals surface area contributed by atoms with Gasteiger partial charge in [0, 0.05) is 6.04 Å². The van der Waals surface area contributed by atoms with Crippen molar-refractivity contribution in [1.29, 1.82) is 0 Å². The molecule has 0 aromatic heterocycles.